The molecule has 6 heteroatoms. The lowest BCUT2D eigenvalue weighted by atomic mass is 10.7. The van der Waals surface area contributed by atoms with Crippen molar-refractivity contribution in [3.05, 3.63) is 20.6 Å². The van der Waals surface area contributed by atoms with Gasteiger partial charge in [0, 0.05) is 0 Å². The second kappa shape index (κ2) is 2.69. The Hall–Kier alpha value is -0.390. The van der Waals surface area contributed by atoms with Crippen molar-refractivity contribution in [3.8, 4) is 0 Å². The fourth-order valence-electron chi connectivity index (χ4n) is 0.461. The first-order valence-corrected chi connectivity index (χ1v) is 3.57. The van der Waals surface area contributed by atoms with Crippen molar-refractivity contribution in [2.24, 2.45) is 0 Å². The Bertz CT molecular complexity index is 321. The van der Waals surface area contributed by atoms with E-state index in [9.17, 15) is 0 Å². The zero-order valence-corrected chi connectivity index (χ0v) is 7.19. The molecule has 0 aromatic carbocycles. The maximum absolute atomic E-state index is 5.60. The van der Waals surface area contributed by atoms with Crippen molar-refractivity contribution in [2.45, 2.75) is 0 Å². The van der Waals surface area contributed by atoms with Crippen LogP contribution in [0.25, 0.3) is 0 Å². The van der Waals surface area contributed by atoms with Gasteiger partial charge in [-0.05, 0) is 12.2 Å². The van der Waals surface area contributed by atoms with Crippen molar-refractivity contribution < 1.29 is 0 Å². The van der Waals surface area contributed by atoms with Crippen molar-refractivity contribution in [1.82, 2.24) is 9.66 Å². The highest BCUT2D eigenvalue weighted by Gasteiger charge is 1.91. The highest BCUT2D eigenvalue weighted by atomic mass is 35.5. The third-order valence-corrected chi connectivity index (χ3v) is 1.96. The maximum Gasteiger partial charge on any atom is 0.196 e. The van der Waals surface area contributed by atoms with E-state index in [-0.39, 0.29) is 0 Å². The predicted molar refractivity (Wildman–Crippen MR) is 45.6 cm³/mol. The van der Waals surface area contributed by atoms with Gasteiger partial charge in [-0.2, -0.15) is 0 Å². The number of halogens is 1. The quantitative estimate of drug-likeness (QED) is 0.487. The third-order valence-electron chi connectivity index (χ3n) is 0.924. The molecule has 0 aliphatic heterocycles. The Kier molecular flexibility index (Phi) is 2.08. The first-order chi connectivity index (χ1) is 4.61. The van der Waals surface area contributed by atoms with E-state index in [4.69, 9.17) is 41.9 Å². The Labute approximate surface area is 72.4 Å². The van der Waals surface area contributed by atoms with Crippen molar-refractivity contribution in [3.63, 3.8) is 0 Å². The zero-order valence-electron chi connectivity index (χ0n) is 4.80. The standard InChI is InChI=1S/C4H4ClN3S2/c5-2-1-8(6)4(10)7-3(2)9/h1H,6H2,(H,7,9,10). The average molecular weight is 194 g/mol. The second-order valence-corrected chi connectivity index (χ2v) is 2.85. The van der Waals surface area contributed by atoms with Gasteiger partial charge >= 0.3 is 0 Å². The normalized spacial score (nSPS) is 9.70. The number of nitrogens with two attached hydrogens (primary N) is 1. The highest BCUT2D eigenvalue weighted by Crippen LogP contribution is 2.05. The van der Waals surface area contributed by atoms with Crippen molar-refractivity contribution in [1.29, 1.82) is 0 Å². The summed E-state index contributed by atoms with van der Waals surface area (Å²) in [5.74, 6) is 5.34. The molecule has 0 bridgehead atoms. The lowest BCUT2D eigenvalue weighted by Crippen LogP contribution is -2.10. The molecule has 10 heavy (non-hydrogen) atoms. The van der Waals surface area contributed by atoms with Gasteiger partial charge < -0.3 is 10.8 Å². The number of nitrogens with zero attached hydrogens (tertiary/aromatic N) is 1. The SMILES string of the molecule is Nn1cc(Cl)c(=S)[nH]c1=S. The fourth-order valence-corrected chi connectivity index (χ4v) is 0.982. The maximum atomic E-state index is 5.60. The summed E-state index contributed by atoms with van der Waals surface area (Å²) in [6.07, 6.45) is 1.46. The largest absolute Gasteiger partial charge is 0.337 e. The number of hydrogen-bond donors (Lipinski definition) is 2. The smallest absolute Gasteiger partial charge is 0.196 e. The summed E-state index contributed by atoms with van der Waals surface area (Å²) in [6, 6.07) is 0. The van der Waals surface area contributed by atoms with Gasteiger partial charge in [-0.25, -0.2) is 4.68 Å². The number of hydrogen-bond acceptors (Lipinski definition) is 3. The minimum Gasteiger partial charge on any atom is -0.337 e. The van der Waals surface area contributed by atoms with Crippen LogP contribution in [0.15, 0.2) is 6.20 Å². The van der Waals surface area contributed by atoms with Crippen LogP contribution in [-0.2, 0) is 0 Å². The molecule has 0 aliphatic carbocycles. The highest BCUT2D eigenvalue weighted by molar-refractivity contribution is 7.72. The Morgan fingerprint density at radius 3 is 2.70 bits per heavy atom. The zero-order chi connectivity index (χ0) is 7.72. The summed E-state index contributed by atoms with van der Waals surface area (Å²) in [5.41, 5.74) is 0. The lowest BCUT2D eigenvalue weighted by Gasteiger charge is -1.97. The lowest BCUT2D eigenvalue weighted by molar-refractivity contribution is 0.905. The van der Waals surface area contributed by atoms with Crippen LogP contribution in [-0.4, -0.2) is 9.66 Å². The number of rotatable bonds is 0. The Morgan fingerprint density at radius 2 is 2.20 bits per heavy atom. The van der Waals surface area contributed by atoms with E-state index in [1.54, 1.807) is 0 Å². The molecule has 3 nitrogen and oxygen atoms in total. The van der Waals surface area contributed by atoms with Crippen LogP contribution in [0.2, 0.25) is 5.02 Å². The number of H-pyrrole nitrogens is 1. The molecule has 0 atom stereocenters. The molecule has 0 radical (unpaired) electrons. The number of aromatic amines is 1. The molecule has 0 spiro atoms. The summed E-state index contributed by atoms with van der Waals surface area (Å²) >= 11 is 15.1. The van der Waals surface area contributed by atoms with Gasteiger partial charge in [0.2, 0.25) is 0 Å². The Balaban J connectivity index is 3.59. The first-order valence-electron chi connectivity index (χ1n) is 2.38. The van der Waals surface area contributed by atoms with Crippen LogP contribution in [0, 0.1) is 9.41 Å². The van der Waals surface area contributed by atoms with E-state index < -0.39 is 0 Å². The Morgan fingerprint density at radius 1 is 1.60 bits per heavy atom. The molecule has 0 amide bonds. The summed E-state index contributed by atoms with van der Waals surface area (Å²) in [6.45, 7) is 0. The average Bonchev–Trinajstić information content (AvgIpc) is 1.84. The molecule has 0 saturated carbocycles. The van der Waals surface area contributed by atoms with Gasteiger partial charge in [-0.1, -0.05) is 23.8 Å². The van der Waals surface area contributed by atoms with E-state index in [0.29, 0.717) is 14.4 Å². The first kappa shape index (κ1) is 7.71. The molecular weight excluding hydrogens is 190 g/mol. The number of nitrogens with one attached hydrogen (secondary N) is 1. The van der Waals surface area contributed by atoms with E-state index in [1.807, 2.05) is 0 Å². The van der Waals surface area contributed by atoms with E-state index in [1.165, 1.54) is 10.9 Å². The number of aromatic nitrogens is 2. The summed E-state index contributed by atoms with van der Waals surface area (Å²) < 4.78 is 1.97. The van der Waals surface area contributed by atoms with Crippen LogP contribution in [0.4, 0.5) is 0 Å². The van der Waals surface area contributed by atoms with Crippen LogP contribution in [0.1, 0.15) is 0 Å². The van der Waals surface area contributed by atoms with Crippen LogP contribution in [0.3, 0.4) is 0 Å². The van der Waals surface area contributed by atoms with Gasteiger partial charge in [-0.3, -0.25) is 0 Å². The molecule has 1 rings (SSSR count). The van der Waals surface area contributed by atoms with Crippen LogP contribution in [0.5, 0.6) is 0 Å². The molecule has 0 aliphatic rings. The topological polar surface area (TPSA) is 46.7 Å². The van der Waals surface area contributed by atoms with Gasteiger partial charge in [0.15, 0.2) is 4.77 Å². The molecule has 3 N–H and O–H groups in total. The predicted octanol–water partition coefficient (Wildman–Crippen LogP) is 1.64. The van der Waals surface area contributed by atoms with Crippen LogP contribution < -0.4 is 5.84 Å². The second-order valence-electron chi connectivity index (χ2n) is 1.64. The minimum absolute atomic E-state index is 0.356. The van der Waals surface area contributed by atoms with E-state index in [2.05, 4.69) is 4.98 Å². The monoisotopic (exact) mass is 193 g/mol. The summed E-state index contributed by atoms with van der Waals surface area (Å²) in [4.78, 5) is 2.64. The van der Waals surface area contributed by atoms with Gasteiger partial charge in [0.25, 0.3) is 0 Å². The molecule has 1 aromatic heterocycles. The van der Waals surface area contributed by atoms with E-state index >= 15 is 0 Å². The molecular formula is C4H4ClN3S2. The van der Waals surface area contributed by atoms with Crippen molar-refractivity contribution >= 4 is 36.0 Å². The molecule has 54 valence electrons. The third kappa shape index (κ3) is 1.36. The molecule has 0 saturated heterocycles. The summed E-state index contributed by atoms with van der Waals surface area (Å²) in [7, 11) is 0. The van der Waals surface area contributed by atoms with Gasteiger partial charge in [0.1, 0.15) is 4.64 Å². The summed E-state index contributed by atoms with van der Waals surface area (Å²) in [5, 5.41) is 0.395. The van der Waals surface area contributed by atoms with E-state index in [0.717, 1.165) is 0 Å². The van der Waals surface area contributed by atoms with Crippen molar-refractivity contribution in [2.75, 3.05) is 5.84 Å². The van der Waals surface area contributed by atoms with Gasteiger partial charge in [-0.15, -0.1) is 0 Å². The van der Waals surface area contributed by atoms with Crippen LogP contribution >= 0.6 is 36.0 Å². The number of nitrogen functional groups attached to an aromatic ring is 1. The fraction of sp³-hybridized carbons (Fsp3) is 0. The van der Waals surface area contributed by atoms with Gasteiger partial charge in [0.05, 0.1) is 11.2 Å². The molecule has 0 unspecified atom stereocenters. The molecule has 0 fully saturated rings. The molecule has 1 aromatic rings. The minimum atomic E-state index is 0.356. The molecule has 1 heterocycles.